The molecule has 0 aliphatic carbocycles. The fraction of sp³-hybridized carbons (Fsp3) is 0.368. The molecule has 1 aromatic carbocycles. The van der Waals surface area contributed by atoms with Crippen LogP contribution in [0.1, 0.15) is 42.7 Å². The van der Waals surface area contributed by atoms with Crippen LogP contribution in [0.2, 0.25) is 0 Å². The highest BCUT2D eigenvalue weighted by molar-refractivity contribution is 6.03. The van der Waals surface area contributed by atoms with E-state index >= 15 is 0 Å². The maximum atomic E-state index is 12.3. The molecule has 23 heavy (non-hydrogen) atoms. The molecule has 0 fully saturated rings. The van der Waals surface area contributed by atoms with E-state index in [2.05, 4.69) is 29.0 Å². The zero-order chi connectivity index (χ0) is 16.7. The van der Waals surface area contributed by atoms with Gasteiger partial charge in [0.25, 0.3) is 5.91 Å². The summed E-state index contributed by atoms with van der Waals surface area (Å²) in [5.41, 5.74) is 3.36. The SMILES string of the molecule is CCCN(CCC)c1ccc(C(=O)Nc2ccccc2C)nc1. The first-order chi connectivity index (χ1) is 11.2. The van der Waals surface area contributed by atoms with E-state index in [-0.39, 0.29) is 5.91 Å². The smallest absolute Gasteiger partial charge is 0.274 e. The van der Waals surface area contributed by atoms with E-state index in [0.29, 0.717) is 5.69 Å². The van der Waals surface area contributed by atoms with Crippen LogP contribution in [0, 0.1) is 6.92 Å². The van der Waals surface area contributed by atoms with Gasteiger partial charge in [0, 0.05) is 18.8 Å². The van der Waals surface area contributed by atoms with Crippen LogP contribution >= 0.6 is 0 Å². The molecule has 4 heteroatoms. The number of amides is 1. The first-order valence-corrected chi connectivity index (χ1v) is 8.23. The average molecular weight is 311 g/mol. The van der Waals surface area contributed by atoms with Gasteiger partial charge in [-0.05, 0) is 43.5 Å². The zero-order valence-electron chi connectivity index (χ0n) is 14.2. The second-order valence-electron chi connectivity index (χ2n) is 5.66. The number of benzene rings is 1. The highest BCUT2D eigenvalue weighted by atomic mass is 16.1. The van der Waals surface area contributed by atoms with Gasteiger partial charge in [-0.3, -0.25) is 4.79 Å². The first kappa shape index (κ1) is 17.0. The quantitative estimate of drug-likeness (QED) is 0.830. The summed E-state index contributed by atoms with van der Waals surface area (Å²) in [5, 5.41) is 2.91. The second kappa shape index (κ2) is 8.32. The van der Waals surface area contributed by atoms with Gasteiger partial charge in [-0.1, -0.05) is 32.0 Å². The molecule has 0 radical (unpaired) electrons. The molecule has 0 saturated carbocycles. The number of nitrogens with zero attached hydrogens (tertiary/aromatic N) is 2. The number of para-hydroxylation sites is 1. The molecule has 122 valence electrons. The van der Waals surface area contributed by atoms with Crippen LogP contribution in [-0.2, 0) is 0 Å². The first-order valence-electron chi connectivity index (χ1n) is 8.23. The van der Waals surface area contributed by atoms with Crippen molar-refractivity contribution in [2.75, 3.05) is 23.3 Å². The lowest BCUT2D eigenvalue weighted by Crippen LogP contribution is -2.25. The van der Waals surface area contributed by atoms with Crippen LogP contribution in [0.25, 0.3) is 0 Å². The molecule has 0 aliphatic rings. The van der Waals surface area contributed by atoms with Crippen molar-refractivity contribution in [1.82, 2.24) is 4.98 Å². The number of carbonyl (C=O) groups excluding carboxylic acids is 1. The number of carbonyl (C=O) groups is 1. The highest BCUT2D eigenvalue weighted by Gasteiger charge is 2.10. The fourth-order valence-electron chi connectivity index (χ4n) is 2.52. The third kappa shape index (κ3) is 4.55. The van der Waals surface area contributed by atoms with Crippen LogP contribution in [0.3, 0.4) is 0 Å². The van der Waals surface area contributed by atoms with Gasteiger partial charge < -0.3 is 10.2 Å². The molecule has 0 atom stereocenters. The minimum atomic E-state index is -0.177. The molecular formula is C19H25N3O. The van der Waals surface area contributed by atoms with Crippen molar-refractivity contribution in [3.05, 3.63) is 53.9 Å². The Hall–Kier alpha value is -2.36. The molecule has 1 heterocycles. The number of nitrogens with one attached hydrogen (secondary N) is 1. The summed E-state index contributed by atoms with van der Waals surface area (Å²) in [6.07, 6.45) is 3.98. The Labute approximate surface area is 138 Å². The van der Waals surface area contributed by atoms with Gasteiger partial charge in [0.2, 0.25) is 0 Å². The molecular weight excluding hydrogens is 286 g/mol. The van der Waals surface area contributed by atoms with Crippen molar-refractivity contribution in [1.29, 1.82) is 0 Å². The Balaban J connectivity index is 2.09. The van der Waals surface area contributed by atoms with Crippen molar-refractivity contribution in [3.8, 4) is 0 Å². The molecule has 0 unspecified atom stereocenters. The molecule has 2 rings (SSSR count). The molecule has 1 amide bonds. The molecule has 2 aromatic rings. The summed E-state index contributed by atoms with van der Waals surface area (Å²) in [6, 6.07) is 11.5. The lowest BCUT2D eigenvalue weighted by molar-refractivity contribution is 0.102. The van der Waals surface area contributed by atoms with E-state index in [9.17, 15) is 4.79 Å². The standard InChI is InChI=1S/C19H25N3O/c1-4-12-22(13-5-2)16-10-11-18(20-14-16)19(23)21-17-9-7-6-8-15(17)3/h6-11,14H,4-5,12-13H2,1-3H3,(H,21,23). The maximum Gasteiger partial charge on any atom is 0.274 e. The highest BCUT2D eigenvalue weighted by Crippen LogP contribution is 2.17. The number of aryl methyl sites for hydroxylation is 1. The van der Waals surface area contributed by atoms with Gasteiger partial charge in [0.05, 0.1) is 11.9 Å². The van der Waals surface area contributed by atoms with E-state index in [1.165, 1.54) is 0 Å². The van der Waals surface area contributed by atoms with Crippen molar-refractivity contribution >= 4 is 17.3 Å². The van der Waals surface area contributed by atoms with Crippen LogP contribution in [0.5, 0.6) is 0 Å². The van der Waals surface area contributed by atoms with E-state index < -0.39 is 0 Å². The molecule has 4 nitrogen and oxygen atoms in total. The van der Waals surface area contributed by atoms with Crippen molar-refractivity contribution < 1.29 is 4.79 Å². The number of rotatable bonds is 7. The zero-order valence-corrected chi connectivity index (χ0v) is 14.2. The van der Waals surface area contributed by atoms with Crippen LogP contribution in [0.4, 0.5) is 11.4 Å². The molecule has 0 aliphatic heterocycles. The monoisotopic (exact) mass is 311 g/mol. The van der Waals surface area contributed by atoms with E-state index in [1.54, 1.807) is 12.3 Å². The fourth-order valence-corrected chi connectivity index (χ4v) is 2.52. The van der Waals surface area contributed by atoms with Gasteiger partial charge in [-0.15, -0.1) is 0 Å². The summed E-state index contributed by atoms with van der Waals surface area (Å²) >= 11 is 0. The summed E-state index contributed by atoms with van der Waals surface area (Å²) in [5.74, 6) is -0.177. The lowest BCUT2D eigenvalue weighted by atomic mass is 10.2. The van der Waals surface area contributed by atoms with Crippen LogP contribution in [0.15, 0.2) is 42.6 Å². The predicted molar refractivity (Wildman–Crippen MR) is 96.2 cm³/mol. The Kier molecular flexibility index (Phi) is 6.15. The van der Waals surface area contributed by atoms with E-state index in [0.717, 1.165) is 42.9 Å². The van der Waals surface area contributed by atoms with Gasteiger partial charge in [-0.25, -0.2) is 4.98 Å². The third-order valence-electron chi connectivity index (χ3n) is 3.73. The summed E-state index contributed by atoms with van der Waals surface area (Å²) in [6.45, 7) is 8.31. The average Bonchev–Trinajstić information content (AvgIpc) is 2.57. The largest absolute Gasteiger partial charge is 0.370 e. The van der Waals surface area contributed by atoms with Crippen molar-refractivity contribution in [3.63, 3.8) is 0 Å². The maximum absolute atomic E-state index is 12.3. The Morgan fingerprint density at radius 2 is 1.78 bits per heavy atom. The number of aromatic nitrogens is 1. The molecule has 0 bridgehead atoms. The van der Waals surface area contributed by atoms with Gasteiger partial charge in [0.1, 0.15) is 5.69 Å². The predicted octanol–water partition coefficient (Wildman–Crippen LogP) is 4.27. The number of pyridine rings is 1. The minimum absolute atomic E-state index is 0.177. The molecule has 0 spiro atoms. The summed E-state index contributed by atoms with van der Waals surface area (Å²) in [7, 11) is 0. The van der Waals surface area contributed by atoms with Crippen molar-refractivity contribution in [2.45, 2.75) is 33.6 Å². The molecule has 1 N–H and O–H groups in total. The number of hydrogen-bond donors (Lipinski definition) is 1. The topological polar surface area (TPSA) is 45.2 Å². The van der Waals surface area contributed by atoms with Gasteiger partial charge >= 0.3 is 0 Å². The lowest BCUT2D eigenvalue weighted by Gasteiger charge is -2.23. The minimum Gasteiger partial charge on any atom is -0.370 e. The molecule has 1 aromatic heterocycles. The van der Waals surface area contributed by atoms with Gasteiger partial charge in [-0.2, -0.15) is 0 Å². The van der Waals surface area contributed by atoms with Gasteiger partial charge in [0.15, 0.2) is 0 Å². The summed E-state index contributed by atoms with van der Waals surface area (Å²) < 4.78 is 0. The normalized spacial score (nSPS) is 10.4. The van der Waals surface area contributed by atoms with E-state index in [1.807, 2.05) is 37.3 Å². The second-order valence-corrected chi connectivity index (χ2v) is 5.66. The molecule has 0 saturated heterocycles. The van der Waals surface area contributed by atoms with Crippen molar-refractivity contribution in [2.24, 2.45) is 0 Å². The Morgan fingerprint density at radius 3 is 2.35 bits per heavy atom. The Morgan fingerprint density at radius 1 is 1.09 bits per heavy atom. The van der Waals surface area contributed by atoms with E-state index in [4.69, 9.17) is 0 Å². The summed E-state index contributed by atoms with van der Waals surface area (Å²) in [4.78, 5) is 18.9. The number of hydrogen-bond acceptors (Lipinski definition) is 3. The number of anilines is 2. The van der Waals surface area contributed by atoms with Crippen LogP contribution in [-0.4, -0.2) is 24.0 Å². The van der Waals surface area contributed by atoms with Crippen LogP contribution < -0.4 is 10.2 Å². The third-order valence-corrected chi connectivity index (χ3v) is 3.73. The Bertz CT molecular complexity index is 631.